The molecule has 0 amide bonds. The molecule has 3 heteroatoms. The Morgan fingerprint density at radius 3 is 2.43 bits per heavy atom. The molecular weight excluding hydrogens is 258 g/mol. The van der Waals surface area contributed by atoms with Gasteiger partial charge in [-0.3, -0.25) is 4.68 Å². The lowest BCUT2D eigenvalue weighted by Crippen LogP contribution is -2.16. The molecule has 0 atom stereocenters. The Hall–Kier alpha value is -1.61. The van der Waals surface area contributed by atoms with Gasteiger partial charge in [-0.25, -0.2) is 0 Å². The van der Waals surface area contributed by atoms with E-state index in [2.05, 4.69) is 54.9 Å². The highest BCUT2D eigenvalue weighted by molar-refractivity contribution is 5.37. The number of aromatic nitrogens is 2. The van der Waals surface area contributed by atoms with Crippen molar-refractivity contribution in [3.05, 3.63) is 51.8 Å². The fourth-order valence-electron chi connectivity index (χ4n) is 2.97. The van der Waals surface area contributed by atoms with Gasteiger partial charge in [-0.1, -0.05) is 17.7 Å². The van der Waals surface area contributed by atoms with Crippen LogP contribution in [0.3, 0.4) is 0 Å². The molecule has 21 heavy (non-hydrogen) atoms. The third-order valence-electron chi connectivity index (χ3n) is 4.51. The summed E-state index contributed by atoms with van der Waals surface area (Å²) in [5, 5.41) is 8.16. The Balaban J connectivity index is 1.78. The molecule has 3 rings (SSSR count). The molecule has 0 aliphatic heterocycles. The molecule has 0 bridgehead atoms. The molecule has 112 valence electrons. The van der Waals surface area contributed by atoms with Crippen LogP contribution in [0.25, 0.3) is 0 Å². The summed E-state index contributed by atoms with van der Waals surface area (Å²) in [5.41, 5.74) is 8.06. The van der Waals surface area contributed by atoms with Gasteiger partial charge in [-0.05, 0) is 57.2 Å². The average molecular weight is 283 g/mol. The van der Waals surface area contributed by atoms with Crippen LogP contribution < -0.4 is 5.32 Å². The van der Waals surface area contributed by atoms with E-state index < -0.39 is 0 Å². The minimum Gasteiger partial charge on any atom is -0.310 e. The van der Waals surface area contributed by atoms with Crippen molar-refractivity contribution < 1.29 is 0 Å². The van der Waals surface area contributed by atoms with Gasteiger partial charge >= 0.3 is 0 Å². The highest BCUT2D eigenvalue weighted by Crippen LogP contribution is 2.21. The van der Waals surface area contributed by atoms with Crippen molar-refractivity contribution in [2.45, 2.75) is 59.7 Å². The highest BCUT2D eigenvalue weighted by Gasteiger charge is 2.20. The van der Waals surface area contributed by atoms with E-state index in [4.69, 9.17) is 0 Å². The summed E-state index contributed by atoms with van der Waals surface area (Å²) in [4.78, 5) is 0. The lowest BCUT2D eigenvalue weighted by Gasteiger charge is -2.13. The Labute approximate surface area is 127 Å². The molecule has 1 N–H and O–H groups in total. The number of benzene rings is 1. The van der Waals surface area contributed by atoms with Crippen molar-refractivity contribution in [1.82, 2.24) is 15.1 Å². The van der Waals surface area contributed by atoms with E-state index in [1.54, 1.807) is 0 Å². The van der Waals surface area contributed by atoms with Gasteiger partial charge in [-0.2, -0.15) is 5.10 Å². The van der Waals surface area contributed by atoms with Gasteiger partial charge in [-0.15, -0.1) is 0 Å². The van der Waals surface area contributed by atoms with Crippen LogP contribution in [-0.2, 0) is 13.1 Å². The number of nitrogens with zero attached hydrogens (tertiary/aromatic N) is 2. The summed E-state index contributed by atoms with van der Waals surface area (Å²) in [5.74, 6) is 0. The van der Waals surface area contributed by atoms with E-state index in [0.717, 1.165) is 19.1 Å². The summed E-state index contributed by atoms with van der Waals surface area (Å²) in [6, 6.07) is 5.27. The second-order valence-corrected chi connectivity index (χ2v) is 6.45. The predicted octanol–water partition coefficient (Wildman–Crippen LogP) is 3.42. The van der Waals surface area contributed by atoms with E-state index in [1.165, 1.54) is 46.4 Å². The number of nitrogens with one attached hydrogen (secondary N) is 1. The van der Waals surface area contributed by atoms with Gasteiger partial charge in [0.05, 0.1) is 12.7 Å². The second-order valence-electron chi connectivity index (χ2n) is 6.45. The zero-order valence-electron chi connectivity index (χ0n) is 13.5. The van der Waals surface area contributed by atoms with Gasteiger partial charge in [0.25, 0.3) is 0 Å². The van der Waals surface area contributed by atoms with Gasteiger partial charge < -0.3 is 5.32 Å². The summed E-state index contributed by atoms with van der Waals surface area (Å²) in [7, 11) is 0. The van der Waals surface area contributed by atoms with E-state index >= 15 is 0 Å². The van der Waals surface area contributed by atoms with Gasteiger partial charge in [0, 0.05) is 23.8 Å². The van der Waals surface area contributed by atoms with Crippen molar-refractivity contribution in [2.24, 2.45) is 0 Å². The van der Waals surface area contributed by atoms with Crippen LogP contribution >= 0.6 is 0 Å². The van der Waals surface area contributed by atoms with Crippen molar-refractivity contribution >= 4 is 0 Å². The van der Waals surface area contributed by atoms with Crippen LogP contribution in [0.15, 0.2) is 18.3 Å². The fraction of sp³-hybridized carbons (Fsp3) is 0.500. The standard InChI is InChI=1S/C18H25N3/c1-12-7-13(2)18(14(3)8-12)11-21-15(4)16(10-20-21)9-19-17-5-6-17/h7-8,10,17,19H,5-6,9,11H2,1-4H3. The predicted molar refractivity (Wildman–Crippen MR) is 86.6 cm³/mol. The molecule has 1 saturated carbocycles. The number of aryl methyl sites for hydroxylation is 3. The summed E-state index contributed by atoms with van der Waals surface area (Å²) < 4.78 is 2.13. The van der Waals surface area contributed by atoms with Crippen LogP contribution in [-0.4, -0.2) is 15.8 Å². The van der Waals surface area contributed by atoms with Crippen LogP contribution in [0, 0.1) is 27.7 Å². The lowest BCUT2D eigenvalue weighted by molar-refractivity contribution is 0.650. The highest BCUT2D eigenvalue weighted by atomic mass is 15.3. The molecule has 0 saturated heterocycles. The number of hydrogen-bond donors (Lipinski definition) is 1. The fourth-order valence-corrected chi connectivity index (χ4v) is 2.97. The normalized spacial score (nSPS) is 14.7. The van der Waals surface area contributed by atoms with Crippen molar-refractivity contribution in [3.63, 3.8) is 0 Å². The van der Waals surface area contributed by atoms with Crippen molar-refractivity contribution in [2.75, 3.05) is 0 Å². The Kier molecular flexibility index (Phi) is 3.85. The Morgan fingerprint density at radius 1 is 1.14 bits per heavy atom. The summed E-state index contributed by atoms with van der Waals surface area (Å²) >= 11 is 0. The first-order chi connectivity index (χ1) is 10.0. The SMILES string of the molecule is Cc1cc(C)c(Cn2ncc(CNC3CC3)c2C)c(C)c1. The zero-order valence-corrected chi connectivity index (χ0v) is 13.5. The third kappa shape index (κ3) is 3.18. The van der Waals surface area contributed by atoms with Crippen LogP contribution in [0.1, 0.15) is 46.4 Å². The van der Waals surface area contributed by atoms with Gasteiger partial charge in [0.1, 0.15) is 0 Å². The Bertz CT molecular complexity index is 627. The maximum Gasteiger partial charge on any atom is 0.0667 e. The minimum atomic E-state index is 0.745. The molecular formula is C18H25N3. The molecule has 1 fully saturated rings. The van der Waals surface area contributed by atoms with E-state index in [1.807, 2.05) is 6.20 Å². The van der Waals surface area contributed by atoms with E-state index in [-0.39, 0.29) is 0 Å². The van der Waals surface area contributed by atoms with Gasteiger partial charge in [0.15, 0.2) is 0 Å². The minimum absolute atomic E-state index is 0.745. The van der Waals surface area contributed by atoms with Crippen LogP contribution in [0.2, 0.25) is 0 Å². The smallest absolute Gasteiger partial charge is 0.0667 e. The maximum atomic E-state index is 4.59. The van der Waals surface area contributed by atoms with E-state index in [9.17, 15) is 0 Å². The monoisotopic (exact) mass is 283 g/mol. The first kappa shape index (κ1) is 14.3. The average Bonchev–Trinajstić information content (AvgIpc) is 3.18. The molecule has 3 nitrogen and oxygen atoms in total. The molecule has 1 aromatic heterocycles. The van der Waals surface area contributed by atoms with E-state index in [0.29, 0.717) is 0 Å². The zero-order chi connectivity index (χ0) is 15.0. The Morgan fingerprint density at radius 2 is 1.81 bits per heavy atom. The second kappa shape index (κ2) is 5.64. The molecule has 1 aliphatic rings. The quantitative estimate of drug-likeness (QED) is 0.911. The number of hydrogen-bond acceptors (Lipinski definition) is 2. The topological polar surface area (TPSA) is 29.9 Å². The molecule has 1 aromatic carbocycles. The van der Waals surface area contributed by atoms with Crippen LogP contribution in [0.4, 0.5) is 0 Å². The largest absolute Gasteiger partial charge is 0.310 e. The molecule has 0 spiro atoms. The maximum absolute atomic E-state index is 4.59. The molecule has 0 radical (unpaired) electrons. The van der Waals surface area contributed by atoms with Crippen molar-refractivity contribution in [1.29, 1.82) is 0 Å². The lowest BCUT2D eigenvalue weighted by atomic mass is 10.00. The van der Waals surface area contributed by atoms with Gasteiger partial charge in [0.2, 0.25) is 0 Å². The summed E-state index contributed by atoms with van der Waals surface area (Å²) in [6.07, 6.45) is 4.67. The molecule has 0 unspecified atom stereocenters. The van der Waals surface area contributed by atoms with Crippen LogP contribution in [0.5, 0.6) is 0 Å². The number of rotatable bonds is 5. The third-order valence-corrected chi connectivity index (χ3v) is 4.51. The molecule has 1 aliphatic carbocycles. The first-order valence-electron chi connectivity index (χ1n) is 7.86. The molecule has 1 heterocycles. The summed E-state index contributed by atoms with van der Waals surface area (Å²) in [6.45, 7) is 10.5. The molecule has 2 aromatic rings. The van der Waals surface area contributed by atoms with Crippen molar-refractivity contribution in [3.8, 4) is 0 Å². The first-order valence-corrected chi connectivity index (χ1v) is 7.86.